The molecule has 9 nitrogen and oxygen atoms in total. The predicted molar refractivity (Wildman–Crippen MR) is 118 cm³/mol. The maximum absolute atomic E-state index is 9.55. The van der Waals surface area contributed by atoms with E-state index in [0.717, 1.165) is 41.3 Å². The van der Waals surface area contributed by atoms with Crippen LogP contribution in [0.15, 0.2) is 59.3 Å². The van der Waals surface area contributed by atoms with Gasteiger partial charge in [-0.25, -0.2) is 19.6 Å². The first kappa shape index (κ1) is 21.5. The monoisotopic (exact) mass is 436 g/mol. The van der Waals surface area contributed by atoms with Crippen molar-refractivity contribution in [2.75, 3.05) is 31.1 Å². The molecule has 32 heavy (non-hydrogen) atoms. The average Bonchev–Trinajstić information content (AvgIpc) is 3.01. The number of aliphatic carboxylic acids is 2. The summed E-state index contributed by atoms with van der Waals surface area (Å²) < 4.78 is 5.91. The summed E-state index contributed by atoms with van der Waals surface area (Å²) >= 11 is 0. The quantitative estimate of drug-likeness (QED) is 0.595. The molecule has 1 aromatic carbocycles. The fourth-order valence-corrected chi connectivity index (χ4v) is 4.01. The number of carboxylic acid groups (broad SMARTS) is 2. The number of benzene rings is 1. The van der Waals surface area contributed by atoms with Gasteiger partial charge in [0.1, 0.15) is 11.3 Å². The smallest absolute Gasteiger partial charge is 0.328 e. The van der Waals surface area contributed by atoms with Gasteiger partial charge in [0.2, 0.25) is 5.95 Å². The minimum absolute atomic E-state index is 0.558. The lowest BCUT2D eigenvalue weighted by Crippen LogP contribution is -2.38. The molecule has 2 bridgehead atoms. The Bertz CT molecular complexity index is 1070. The Morgan fingerprint density at radius 2 is 1.62 bits per heavy atom. The molecule has 166 valence electrons. The first-order chi connectivity index (χ1) is 15.5. The largest absolute Gasteiger partial charge is 0.478 e. The number of nitrogens with zero attached hydrogens (tertiary/aromatic N) is 4. The summed E-state index contributed by atoms with van der Waals surface area (Å²) in [5.74, 6) is -0.839. The Kier molecular flexibility index (Phi) is 6.46. The molecule has 0 saturated carbocycles. The van der Waals surface area contributed by atoms with Crippen LogP contribution >= 0.6 is 0 Å². The van der Waals surface area contributed by atoms with Crippen molar-refractivity contribution < 1.29 is 24.2 Å². The molecule has 0 aliphatic carbocycles. The number of piperidine rings is 1. The Balaban J connectivity index is 0.000000265. The van der Waals surface area contributed by atoms with Crippen LogP contribution in [-0.2, 0) is 9.59 Å². The first-order valence-electron chi connectivity index (χ1n) is 10.4. The standard InChI is InChI=1S/C19H20N4O.C4H4O4/c1-2-4-17-14(3-1)11-18(24-17)15-12-20-19(21-13-15)23-10-9-22-7-5-16(23)6-8-22;5-3(6)1-2-4(7)8/h1-4,11-13,16H,5-10H2;1-2H,(H,5,6)(H,7,8)/b;2-1+. The van der Waals surface area contributed by atoms with Crippen molar-refractivity contribution in [2.45, 2.75) is 18.9 Å². The van der Waals surface area contributed by atoms with Crippen LogP contribution < -0.4 is 4.90 Å². The molecule has 0 unspecified atom stereocenters. The van der Waals surface area contributed by atoms with Gasteiger partial charge in [-0.2, -0.15) is 0 Å². The van der Waals surface area contributed by atoms with Gasteiger partial charge in [0.15, 0.2) is 0 Å². The van der Waals surface area contributed by atoms with E-state index in [4.69, 9.17) is 14.6 Å². The number of aromatic nitrogens is 2. The third kappa shape index (κ3) is 5.12. The Morgan fingerprint density at radius 3 is 2.25 bits per heavy atom. The molecule has 2 N–H and O–H groups in total. The average molecular weight is 436 g/mol. The molecule has 5 heterocycles. The predicted octanol–water partition coefficient (Wildman–Crippen LogP) is 2.89. The van der Waals surface area contributed by atoms with Crippen LogP contribution in [0.2, 0.25) is 0 Å². The van der Waals surface area contributed by atoms with Crippen LogP contribution in [0.4, 0.5) is 5.95 Å². The highest BCUT2D eigenvalue weighted by molar-refractivity contribution is 5.89. The molecule has 6 rings (SSSR count). The van der Waals surface area contributed by atoms with E-state index in [-0.39, 0.29) is 0 Å². The first-order valence-corrected chi connectivity index (χ1v) is 10.4. The zero-order chi connectivity index (χ0) is 22.5. The molecule has 3 fully saturated rings. The molecule has 0 spiro atoms. The van der Waals surface area contributed by atoms with Gasteiger partial charge in [-0.05, 0) is 25.0 Å². The molecule has 0 atom stereocenters. The van der Waals surface area contributed by atoms with Crippen LogP contribution in [-0.4, -0.2) is 69.2 Å². The van der Waals surface area contributed by atoms with Crippen molar-refractivity contribution in [2.24, 2.45) is 0 Å². The van der Waals surface area contributed by atoms with Crippen molar-refractivity contribution in [3.63, 3.8) is 0 Å². The molecule has 3 aromatic rings. The van der Waals surface area contributed by atoms with E-state index in [2.05, 4.69) is 31.9 Å². The molecular formula is C23H24N4O5. The van der Waals surface area contributed by atoms with Crippen molar-refractivity contribution in [3.8, 4) is 11.3 Å². The lowest BCUT2D eigenvalue weighted by Gasteiger charge is -2.31. The van der Waals surface area contributed by atoms with E-state index in [1.54, 1.807) is 0 Å². The minimum atomic E-state index is -1.26. The van der Waals surface area contributed by atoms with Crippen LogP contribution in [0.3, 0.4) is 0 Å². The summed E-state index contributed by atoms with van der Waals surface area (Å²) in [5.41, 5.74) is 1.83. The molecule has 3 saturated heterocycles. The van der Waals surface area contributed by atoms with Crippen molar-refractivity contribution in [3.05, 3.63) is 54.9 Å². The molecular weight excluding hydrogens is 412 g/mol. The molecule has 9 heteroatoms. The van der Waals surface area contributed by atoms with Crippen molar-refractivity contribution >= 4 is 28.9 Å². The number of para-hydroxylation sites is 1. The third-order valence-electron chi connectivity index (χ3n) is 5.63. The molecule has 2 aromatic heterocycles. The lowest BCUT2D eigenvalue weighted by molar-refractivity contribution is -0.134. The summed E-state index contributed by atoms with van der Waals surface area (Å²) in [6.45, 7) is 4.55. The fourth-order valence-electron chi connectivity index (χ4n) is 4.01. The summed E-state index contributed by atoms with van der Waals surface area (Å²) in [7, 11) is 0. The second-order valence-electron chi connectivity index (χ2n) is 7.70. The summed E-state index contributed by atoms with van der Waals surface area (Å²) in [6, 6.07) is 10.7. The van der Waals surface area contributed by atoms with E-state index in [1.807, 2.05) is 30.6 Å². The summed E-state index contributed by atoms with van der Waals surface area (Å²) in [6.07, 6.45) is 7.32. The van der Waals surface area contributed by atoms with E-state index in [1.165, 1.54) is 25.9 Å². The van der Waals surface area contributed by atoms with E-state index < -0.39 is 11.9 Å². The third-order valence-corrected chi connectivity index (χ3v) is 5.63. The van der Waals surface area contributed by atoms with Gasteiger partial charge >= 0.3 is 11.9 Å². The van der Waals surface area contributed by atoms with Gasteiger partial charge < -0.3 is 24.4 Å². The molecule has 0 amide bonds. The van der Waals surface area contributed by atoms with Crippen molar-refractivity contribution in [1.29, 1.82) is 0 Å². The summed E-state index contributed by atoms with van der Waals surface area (Å²) in [4.78, 5) is 33.3. The van der Waals surface area contributed by atoms with Crippen LogP contribution in [0.1, 0.15) is 12.8 Å². The highest BCUT2D eigenvalue weighted by Crippen LogP contribution is 2.28. The maximum Gasteiger partial charge on any atom is 0.328 e. The Labute approximate surface area is 184 Å². The Hall–Kier alpha value is -3.72. The SMILES string of the molecule is O=C(O)/C=C/C(=O)O.c1ccc2oc(-c3cnc(N4CCN5CCC4CC5)nc3)cc2c1. The molecule has 3 aliphatic rings. The normalized spacial score (nSPS) is 20.1. The van der Waals surface area contributed by atoms with Gasteiger partial charge in [0.25, 0.3) is 0 Å². The minimum Gasteiger partial charge on any atom is -0.478 e. The van der Waals surface area contributed by atoms with Crippen LogP contribution in [0.25, 0.3) is 22.3 Å². The van der Waals surface area contributed by atoms with E-state index in [0.29, 0.717) is 18.2 Å². The van der Waals surface area contributed by atoms with E-state index in [9.17, 15) is 9.59 Å². The highest BCUT2D eigenvalue weighted by Gasteiger charge is 2.30. The van der Waals surface area contributed by atoms with Gasteiger partial charge in [-0.1, -0.05) is 18.2 Å². The fraction of sp³-hybridized carbons (Fsp3) is 0.304. The Morgan fingerprint density at radius 1 is 0.969 bits per heavy atom. The zero-order valence-corrected chi connectivity index (χ0v) is 17.4. The number of anilines is 1. The second-order valence-corrected chi connectivity index (χ2v) is 7.70. The molecule has 0 radical (unpaired) electrons. The van der Waals surface area contributed by atoms with Gasteiger partial charge in [0.05, 0.1) is 5.56 Å². The van der Waals surface area contributed by atoms with Gasteiger partial charge in [0, 0.05) is 62.2 Å². The number of carbonyl (C=O) groups is 2. The molecule has 3 aliphatic heterocycles. The zero-order valence-electron chi connectivity index (χ0n) is 17.4. The van der Waals surface area contributed by atoms with Crippen LogP contribution in [0.5, 0.6) is 0 Å². The number of hydrogen-bond donors (Lipinski definition) is 2. The highest BCUT2D eigenvalue weighted by atomic mass is 16.4. The van der Waals surface area contributed by atoms with Crippen molar-refractivity contribution in [1.82, 2.24) is 14.9 Å². The number of carboxylic acids is 2. The van der Waals surface area contributed by atoms with Gasteiger partial charge in [-0.15, -0.1) is 0 Å². The van der Waals surface area contributed by atoms with E-state index >= 15 is 0 Å². The van der Waals surface area contributed by atoms with Crippen LogP contribution in [0, 0.1) is 0 Å². The number of fused-ring (bicyclic) bond motifs is 5. The second kappa shape index (κ2) is 9.61. The lowest BCUT2D eigenvalue weighted by atomic mass is 10.1. The van der Waals surface area contributed by atoms with Gasteiger partial charge in [-0.3, -0.25) is 0 Å². The number of furan rings is 1. The maximum atomic E-state index is 9.55. The number of hydrogen-bond acceptors (Lipinski definition) is 7. The summed E-state index contributed by atoms with van der Waals surface area (Å²) in [5, 5.41) is 16.7. The number of rotatable bonds is 4. The topological polar surface area (TPSA) is 120 Å².